The van der Waals surface area contributed by atoms with E-state index in [1.807, 2.05) is 49.9 Å². The smallest absolute Gasteiger partial charge is 0.338 e. The molecule has 0 saturated carbocycles. The first kappa shape index (κ1) is 25.9. The Bertz CT molecular complexity index is 1100. The van der Waals surface area contributed by atoms with E-state index in [1.54, 1.807) is 24.3 Å². The minimum atomic E-state index is -0.750. The maximum Gasteiger partial charge on any atom is 0.338 e. The van der Waals surface area contributed by atoms with Crippen LogP contribution in [0.25, 0.3) is 0 Å². The quantitative estimate of drug-likeness (QED) is 0.594. The van der Waals surface area contributed by atoms with Crippen molar-refractivity contribution in [2.24, 2.45) is 11.1 Å². The van der Waals surface area contributed by atoms with Gasteiger partial charge in [0.1, 0.15) is 5.60 Å². The number of rotatable bonds is 6. The van der Waals surface area contributed by atoms with Crippen molar-refractivity contribution in [3.05, 3.63) is 59.7 Å². The fourth-order valence-electron chi connectivity index (χ4n) is 4.69. The summed E-state index contributed by atoms with van der Waals surface area (Å²) in [5, 5.41) is 2.79. The van der Waals surface area contributed by atoms with Gasteiger partial charge in [0.05, 0.1) is 11.6 Å². The average Bonchev–Trinajstić information content (AvgIpc) is 3.14. The molecule has 3 N–H and O–H groups in total. The van der Waals surface area contributed by atoms with Gasteiger partial charge < -0.3 is 25.4 Å². The van der Waals surface area contributed by atoms with Gasteiger partial charge in [0.15, 0.2) is 0 Å². The summed E-state index contributed by atoms with van der Waals surface area (Å²) in [7, 11) is 0. The Labute approximate surface area is 212 Å². The van der Waals surface area contributed by atoms with Gasteiger partial charge in [-0.2, -0.15) is 0 Å². The summed E-state index contributed by atoms with van der Waals surface area (Å²) in [5.74, 6) is -0.585. The van der Waals surface area contributed by atoms with Crippen LogP contribution in [0.2, 0.25) is 0 Å². The van der Waals surface area contributed by atoms with Crippen LogP contribution in [-0.4, -0.2) is 49.2 Å². The number of nitrogens with zero attached hydrogens (tertiary/aromatic N) is 1. The van der Waals surface area contributed by atoms with Crippen LogP contribution < -0.4 is 16.0 Å². The molecule has 2 aromatic rings. The summed E-state index contributed by atoms with van der Waals surface area (Å²) in [6.07, 6.45) is 2.77. The maximum atomic E-state index is 12.7. The van der Waals surface area contributed by atoms with Gasteiger partial charge >= 0.3 is 5.97 Å². The van der Waals surface area contributed by atoms with Crippen LogP contribution in [0.3, 0.4) is 0 Å². The molecule has 0 unspecified atom stereocenters. The monoisotopic (exact) mass is 493 g/mol. The van der Waals surface area contributed by atoms with Crippen LogP contribution in [0.15, 0.2) is 48.5 Å². The first-order chi connectivity index (χ1) is 17.0. The Morgan fingerprint density at radius 1 is 1.08 bits per heavy atom. The van der Waals surface area contributed by atoms with E-state index in [2.05, 4.69) is 5.32 Å². The minimum Gasteiger partial charge on any atom is -0.456 e. The number of carbonyl (C=O) groups excluding carboxylic acids is 3. The van der Waals surface area contributed by atoms with Crippen LogP contribution in [0.4, 0.5) is 11.4 Å². The first-order valence-electron chi connectivity index (χ1n) is 12.4. The highest BCUT2D eigenvalue weighted by molar-refractivity contribution is 5.97. The molecule has 4 rings (SSSR count). The molecule has 0 radical (unpaired) electrons. The maximum absolute atomic E-state index is 12.7. The van der Waals surface area contributed by atoms with Crippen LogP contribution in [0.1, 0.15) is 56.0 Å². The highest BCUT2D eigenvalue weighted by Crippen LogP contribution is 2.42. The highest BCUT2D eigenvalue weighted by Gasteiger charge is 2.44. The molecule has 1 spiro atoms. The molecule has 2 aliphatic heterocycles. The third-order valence-electron chi connectivity index (χ3n) is 6.70. The molecule has 36 heavy (non-hydrogen) atoms. The third-order valence-corrected chi connectivity index (χ3v) is 6.70. The van der Waals surface area contributed by atoms with Crippen LogP contribution >= 0.6 is 0 Å². The molecule has 0 aromatic heterocycles. The van der Waals surface area contributed by atoms with Gasteiger partial charge in [-0.05, 0) is 82.0 Å². The second kappa shape index (κ2) is 10.4. The molecule has 2 saturated heterocycles. The Balaban J connectivity index is 1.31. The van der Waals surface area contributed by atoms with E-state index in [-0.39, 0.29) is 17.2 Å². The van der Waals surface area contributed by atoms with Crippen LogP contribution in [0.5, 0.6) is 0 Å². The van der Waals surface area contributed by atoms with Gasteiger partial charge in [-0.1, -0.05) is 12.1 Å². The Hall–Kier alpha value is -3.23. The summed E-state index contributed by atoms with van der Waals surface area (Å²) in [6, 6.07) is 13.4. The minimum absolute atomic E-state index is 0.0273. The van der Waals surface area contributed by atoms with E-state index < -0.39 is 17.6 Å². The molecule has 8 heteroatoms. The number of nitrogens with two attached hydrogens (primary N) is 1. The molecule has 192 valence electrons. The number of hydrogen-bond acceptors (Lipinski definition) is 6. The van der Waals surface area contributed by atoms with Gasteiger partial charge in [-0.25, -0.2) is 4.79 Å². The summed E-state index contributed by atoms with van der Waals surface area (Å²) >= 11 is 0. The number of amides is 2. The standard InChI is InChI=1S/C28H35N3O5/c1-27(2,3)36-26(34)20-6-8-21(9-7-20)30-25(33)23(29)16-19-4-10-22(11-5-19)31-18-28(17-24(31)32)12-14-35-15-13-28/h4-11,23H,12-18,29H2,1-3H3,(H,30,33)/t23-/m0/s1. The number of anilines is 2. The summed E-state index contributed by atoms with van der Waals surface area (Å²) in [4.78, 5) is 39.3. The number of esters is 1. The fraction of sp³-hybridized carbons (Fsp3) is 0.464. The Morgan fingerprint density at radius 3 is 2.33 bits per heavy atom. The molecule has 2 aliphatic rings. The molecule has 0 bridgehead atoms. The van der Waals surface area contributed by atoms with E-state index in [0.717, 1.165) is 30.6 Å². The molecule has 2 fully saturated rings. The molecule has 1 atom stereocenters. The second-order valence-electron chi connectivity index (χ2n) is 10.8. The lowest BCUT2D eigenvalue weighted by atomic mass is 9.79. The van der Waals surface area contributed by atoms with Crippen molar-refractivity contribution < 1.29 is 23.9 Å². The second-order valence-corrected chi connectivity index (χ2v) is 10.8. The number of hydrogen-bond donors (Lipinski definition) is 2. The van der Waals surface area contributed by atoms with Gasteiger partial charge in [0.25, 0.3) is 0 Å². The predicted molar refractivity (Wildman–Crippen MR) is 138 cm³/mol. The zero-order chi connectivity index (χ0) is 25.9. The van der Waals surface area contributed by atoms with Crippen molar-refractivity contribution in [2.75, 3.05) is 30.0 Å². The molecule has 2 amide bonds. The van der Waals surface area contributed by atoms with E-state index >= 15 is 0 Å². The molecule has 8 nitrogen and oxygen atoms in total. The van der Waals surface area contributed by atoms with E-state index in [9.17, 15) is 14.4 Å². The van der Waals surface area contributed by atoms with Gasteiger partial charge in [-0.3, -0.25) is 9.59 Å². The molecule has 2 heterocycles. The SMILES string of the molecule is CC(C)(C)OC(=O)c1ccc(NC(=O)[C@@H](N)Cc2ccc(N3CC4(CCOCC4)CC3=O)cc2)cc1. The normalized spacial score (nSPS) is 18.2. The number of ether oxygens (including phenoxy) is 2. The van der Waals surface area contributed by atoms with Crippen molar-refractivity contribution in [1.82, 2.24) is 0 Å². The number of carbonyl (C=O) groups is 3. The summed E-state index contributed by atoms with van der Waals surface area (Å²) < 4.78 is 10.8. The largest absolute Gasteiger partial charge is 0.456 e. The van der Waals surface area contributed by atoms with Gasteiger partial charge in [0.2, 0.25) is 11.8 Å². The zero-order valence-electron chi connectivity index (χ0n) is 21.2. The van der Waals surface area contributed by atoms with Gasteiger partial charge in [0, 0.05) is 43.0 Å². The highest BCUT2D eigenvalue weighted by atomic mass is 16.6. The van der Waals surface area contributed by atoms with Crippen molar-refractivity contribution in [3.63, 3.8) is 0 Å². The molecule has 0 aliphatic carbocycles. The number of nitrogens with one attached hydrogen (secondary N) is 1. The van der Waals surface area contributed by atoms with E-state index in [1.165, 1.54) is 0 Å². The van der Waals surface area contributed by atoms with Gasteiger partial charge in [-0.15, -0.1) is 0 Å². The van der Waals surface area contributed by atoms with Crippen molar-refractivity contribution in [2.45, 2.75) is 58.1 Å². The topological polar surface area (TPSA) is 111 Å². The fourth-order valence-corrected chi connectivity index (χ4v) is 4.69. The molecular weight excluding hydrogens is 458 g/mol. The summed E-state index contributed by atoms with van der Waals surface area (Å²) in [6.45, 7) is 7.58. The van der Waals surface area contributed by atoms with Crippen LogP contribution in [-0.2, 0) is 25.5 Å². The van der Waals surface area contributed by atoms with Crippen molar-refractivity contribution >= 4 is 29.2 Å². The molecular formula is C28H35N3O5. The lowest BCUT2D eigenvalue weighted by Crippen LogP contribution is -2.37. The first-order valence-corrected chi connectivity index (χ1v) is 12.4. The van der Waals surface area contributed by atoms with E-state index in [4.69, 9.17) is 15.2 Å². The average molecular weight is 494 g/mol. The summed E-state index contributed by atoms with van der Waals surface area (Å²) in [5.41, 5.74) is 8.35. The lowest BCUT2D eigenvalue weighted by Gasteiger charge is -2.32. The predicted octanol–water partition coefficient (Wildman–Crippen LogP) is 3.68. The molecule has 2 aromatic carbocycles. The zero-order valence-corrected chi connectivity index (χ0v) is 21.2. The lowest BCUT2D eigenvalue weighted by molar-refractivity contribution is -0.118. The number of benzene rings is 2. The van der Waals surface area contributed by atoms with Crippen molar-refractivity contribution in [1.29, 1.82) is 0 Å². The Kier molecular flexibility index (Phi) is 7.47. The van der Waals surface area contributed by atoms with Crippen LogP contribution in [0, 0.1) is 5.41 Å². The third kappa shape index (κ3) is 6.30. The van der Waals surface area contributed by atoms with E-state index in [0.29, 0.717) is 37.3 Å². The van der Waals surface area contributed by atoms with Crippen molar-refractivity contribution in [3.8, 4) is 0 Å². The Morgan fingerprint density at radius 2 is 1.72 bits per heavy atom.